The highest BCUT2D eigenvalue weighted by Crippen LogP contribution is 2.65. The van der Waals surface area contributed by atoms with Gasteiger partial charge in [-0.2, -0.15) is 0 Å². The summed E-state index contributed by atoms with van der Waals surface area (Å²) in [5, 5.41) is 0. The lowest BCUT2D eigenvalue weighted by molar-refractivity contribution is -0.168. The van der Waals surface area contributed by atoms with Crippen LogP contribution < -0.4 is 4.90 Å². The van der Waals surface area contributed by atoms with Crippen LogP contribution >= 0.6 is 0 Å². The van der Waals surface area contributed by atoms with Gasteiger partial charge in [-0.3, -0.25) is 9.59 Å². The normalized spacial score (nSPS) is 27.5. The molecular formula is C27H23NO4. The fourth-order valence-corrected chi connectivity index (χ4v) is 6.53. The molecule has 2 unspecified atom stereocenters. The Morgan fingerprint density at radius 1 is 0.750 bits per heavy atom. The number of imide groups is 1. The summed E-state index contributed by atoms with van der Waals surface area (Å²) in [7, 11) is 3.19. The zero-order valence-electron chi connectivity index (χ0n) is 17.9. The third-order valence-corrected chi connectivity index (χ3v) is 7.50. The van der Waals surface area contributed by atoms with E-state index in [2.05, 4.69) is 24.3 Å². The Balaban J connectivity index is 1.69. The van der Waals surface area contributed by atoms with Crippen LogP contribution in [0.1, 0.15) is 28.2 Å². The summed E-state index contributed by atoms with van der Waals surface area (Å²) < 4.78 is 11.8. The molecule has 1 fully saturated rings. The predicted molar refractivity (Wildman–Crippen MR) is 119 cm³/mol. The molecule has 0 radical (unpaired) electrons. The van der Waals surface area contributed by atoms with Gasteiger partial charge in [0.1, 0.15) is 0 Å². The number of hydrogen-bond acceptors (Lipinski definition) is 4. The Labute approximate surface area is 186 Å². The van der Waals surface area contributed by atoms with E-state index in [1.807, 2.05) is 54.6 Å². The molecule has 160 valence electrons. The number of nitrogens with zero attached hydrogens (tertiary/aromatic N) is 1. The van der Waals surface area contributed by atoms with E-state index < -0.39 is 23.5 Å². The molecular weight excluding hydrogens is 402 g/mol. The summed E-state index contributed by atoms with van der Waals surface area (Å²) >= 11 is 0. The second kappa shape index (κ2) is 6.86. The van der Waals surface area contributed by atoms with Crippen LogP contribution in [-0.4, -0.2) is 32.3 Å². The first-order valence-corrected chi connectivity index (χ1v) is 10.8. The summed E-state index contributed by atoms with van der Waals surface area (Å²) in [5.74, 6) is -1.67. The number of carbonyl (C=O) groups excluding carboxylic acids is 2. The van der Waals surface area contributed by atoms with Crippen LogP contribution in [0.4, 0.5) is 5.69 Å². The molecule has 0 aromatic heterocycles. The molecule has 3 aromatic rings. The number of rotatable bonds is 4. The molecule has 1 heterocycles. The minimum Gasteiger partial charge on any atom is -0.355 e. The third-order valence-electron chi connectivity index (χ3n) is 7.50. The van der Waals surface area contributed by atoms with Gasteiger partial charge >= 0.3 is 0 Å². The van der Waals surface area contributed by atoms with Gasteiger partial charge in [-0.25, -0.2) is 4.90 Å². The molecule has 4 aliphatic rings. The van der Waals surface area contributed by atoms with Crippen LogP contribution in [0, 0.1) is 11.8 Å². The average Bonchev–Trinajstić information content (AvgIpc) is 3.11. The Hall–Kier alpha value is -3.28. The van der Waals surface area contributed by atoms with Crippen LogP contribution in [0.3, 0.4) is 0 Å². The molecule has 5 heteroatoms. The molecule has 1 saturated heterocycles. The summed E-state index contributed by atoms with van der Waals surface area (Å²) in [6, 6.07) is 25.4. The van der Waals surface area contributed by atoms with E-state index in [9.17, 15) is 9.59 Å². The van der Waals surface area contributed by atoms with Gasteiger partial charge in [-0.1, -0.05) is 66.7 Å². The second-order valence-corrected chi connectivity index (χ2v) is 8.68. The van der Waals surface area contributed by atoms with Crippen LogP contribution in [0.5, 0.6) is 0 Å². The standard InChI is InChI=1S/C27H23NO4/c1-31-26(32-2)27-19-14-8-6-12-17(19)21(18-13-7-9-15-20(18)27)22-23(27)25(30)28(24(22)29)16-10-4-3-5-11-16/h3-15,21-23,26H,1-2H3. The van der Waals surface area contributed by atoms with E-state index in [1.165, 1.54) is 4.90 Å². The van der Waals surface area contributed by atoms with Crippen molar-refractivity contribution in [3.8, 4) is 0 Å². The first-order valence-electron chi connectivity index (χ1n) is 10.8. The third kappa shape index (κ3) is 2.15. The highest BCUT2D eigenvalue weighted by molar-refractivity contribution is 6.23. The number of methoxy groups -OCH3 is 2. The van der Waals surface area contributed by atoms with Crippen molar-refractivity contribution < 1.29 is 19.1 Å². The summed E-state index contributed by atoms with van der Waals surface area (Å²) in [4.78, 5) is 29.4. The minimum atomic E-state index is -0.924. The van der Waals surface area contributed by atoms with Gasteiger partial charge in [-0.15, -0.1) is 0 Å². The van der Waals surface area contributed by atoms with E-state index in [4.69, 9.17) is 9.47 Å². The maximum atomic E-state index is 14.1. The number of para-hydroxylation sites is 1. The molecule has 0 saturated carbocycles. The zero-order chi connectivity index (χ0) is 22.0. The van der Waals surface area contributed by atoms with Crippen molar-refractivity contribution >= 4 is 17.5 Å². The van der Waals surface area contributed by atoms with Crippen molar-refractivity contribution in [2.24, 2.45) is 11.8 Å². The van der Waals surface area contributed by atoms with Crippen molar-refractivity contribution in [3.05, 3.63) is 101 Å². The molecule has 2 atom stereocenters. The van der Waals surface area contributed by atoms with Crippen LogP contribution in [-0.2, 0) is 24.5 Å². The Morgan fingerprint density at radius 2 is 1.28 bits per heavy atom. The number of amides is 2. The van der Waals surface area contributed by atoms with Crippen molar-refractivity contribution in [1.29, 1.82) is 0 Å². The minimum absolute atomic E-state index is 0.157. The number of benzene rings is 3. The van der Waals surface area contributed by atoms with Crippen molar-refractivity contribution in [3.63, 3.8) is 0 Å². The quantitative estimate of drug-likeness (QED) is 0.471. The molecule has 3 aliphatic carbocycles. The topological polar surface area (TPSA) is 55.8 Å². The second-order valence-electron chi connectivity index (χ2n) is 8.68. The Kier molecular flexibility index (Phi) is 4.16. The molecule has 0 N–H and O–H groups in total. The van der Waals surface area contributed by atoms with E-state index >= 15 is 0 Å². The van der Waals surface area contributed by atoms with Gasteiger partial charge in [-0.05, 0) is 34.4 Å². The van der Waals surface area contributed by atoms with Gasteiger partial charge in [0.25, 0.3) is 0 Å². The van der Waals surface area contributed by atoms with Crippen LogP contribution in [0.25, 0.3) is 0 Å². The first kappa shape index (κ1) is 19.4. The van der Waals surface area contributed by atoms with Crippen molar-refractivity contribution in [1.82, 2.24) is 0 Å². The van der Waals surface area contributed by atoms with Crippen LogP contribution in [0.2, 0.25) is 0 Å². The Bertz CT molecular complexity index is 1190. The number of carbonyl (C=O) groups is 2. The molecule has 32 heavy (non-hydrogen) atoms. The lowest BCUT2D eigenvalue weighted by atomic mass is 9.47. The highest BCUT2D eigenvalue weighted by atomic mass is 16.7. The monoisotopic (exact) mass is 425 g/mol. The van der Waals surface area contributed by atoms with Gasteiger partial charge in [0.15, 0.2) is 6.29 Å². The lowest BCUT2D eigenvalue weighted by Crippen LogP contribution is -2.60. The predicted octanol–water partition coefficient (Wildman–Crippen LogP) is 3.86. The zero-order valence-corrected chi connectivity index (χ0v) is 17.9. The molecule has 5 nitrogen and oxygen atoms in total. The smallest absolute Gasteiger partial charge is 0.239 e. The van der Waals surface area contributed by atoms with Crippen molar-refractivity contribution in [2.45, 2.75) is 17.6 Å². The number of ether oxygens (including phenoxy) is 2. The summed E-state index contributed by atoms with van der Waals surface area (Å²) in [6.45, 7) is 0. The maximum Gasteiger partial charge on any atom is 0.239 e. The largest absolute Gasteiger partial charge is 0.355 e. The molecule has 1 aliphatic heterocycles. The molecule has 3 aromatic carbocycles. The van der Waals surface area contributed by atoms with E-state index in [1.54, 1.807) is 14.2 Å². The van der Waals surface area contributed by atoms with E-state index in [-0.39, 0.29) is 17.7 Å². The van der Waals surface area contributed by atoms with Crippen LogP contribution in [0.15, 0.2) is 78.9 Å². The fraction of sp³-hybridized carbons (Fsp3) is 0.259. The van der Waals surface area contributed by atoms with E-state index in [0.29, 0.717) is 5.69 Å². The maximum absolute atomic E-state index is 14.1. The Morgan fingerprint density at radius 3 is 1.84 bits per heavy atom. The summed E-state index contributed by atoms with van der Waals surface area (Å²) in [6.07, 6.45) is -0.731. The SMILES string of the molecule is COC(OC)C12c3ccccc3C(c3ccccc31)C1C(=O)N(c3ccccc3)C(=O)C12. The molecule has 0 spiro atoms. The number of hydrogen-bond donors (Lipinski definition) is 0. The summed E-state index contributed by atoms with van der Waals surface area (Å²) in [5.41, 5.74) is 3.84. The highest BCUT2D eigenvalue weighted by Gasteiger charge is 2.71. The fourth-order valence-electron chi connectivity index (χ4n) is 6.53. The van der Waals surface area contributed by atoms with Crippen molar-refractivity contribution in [2.75, 3.05) is 19.1 Å². The molecule has 2 amide bonds. The first-order chi connectivity index (χ1) is 15.7. The van der Waals surface area contributed by atoms with Gasteiger partial charge in [0.05, 0.1) is 22.9 Å². The van der Waals surface area contributed by atoms with Gasteiger partial charge in [0, 0.05) is 20.1 Å². The van der Waals surface area contributed by atoms with E-state index in [0.717, 1.165) is 22.3 Å². The molecule has 7 rings (SSSR count). The lowest BCUT2D eigenvalue weighted by Gasteiger charge is -2.56. The van der Waals surface area contributed by atoms with Gasteiger partial charge in [0.2, 0.25) is 11.8 Å². The molecule has 2 bridgehead atoms. The average molecular weight is 425 g/mol. The van der Waals surface area contributed by atoms with Gasteiger partial charge < -0.3 is 9.47 Å². The number of anilines is 1.